The number of halogens is 1. The summed E-state index contributed by atoms with van der Waals surface area (Å²) in [7, 11) is 4.47. The quantitative estimate of drug-likeness (QED) is 0.0877. The number of thiazole rings is 1. The molecule has 0 aliphatic carbocycles. The van der Waals surface area contributed by atoms with Gasteiger partial charge in [0.25, 0.3) is 11.8 Å². The lowest BCUT2D eigenvalue weighted by Gasteiger charge is -2.15. The number of hydrogen-bond donors (Lipinski definition) is 3. The molecule has 3 amide bonds. The molecule has 1 aromatic heterocycles. The Morgan fingerprint density at radius 3 is 2.18 bits per heavy atom. The zero-order valence-electron chi connectivity index (χ0n) is 26.6. The van der Waals surface area contributed by atoms with E-state index in [1.807, 2.05) is 0 Å². The van der Waals surface area contributed by atoms with Crippen LogP contribution >= 0.6 is 23.1 Å². The first-order valence-electron chi connectivity index (χ1n) is 14.7. The van der Waals surface area contributed by atoms with Crippen molar-refractivity contribution in [1.82, 2.24) is 10.3 Å². The van der Waals surface area contributed by atoms with Crippen LogP contribution in [0.2, 0.25) is 0 Å². The second kappa shape index (κ2) is 16.4. The second-order valence-corrected chi connectivity index (χ2v) is 12.1. The average Bonchev–Trinajstić information content (AvgIpc) is 3.59. The van der Waals surface area contributed by atoms with Gasteiger partial charge in [0.1, 0.15) is 17.3 Å². The van der Waals surface area contributed by atoms with E-state index in [-0.39, 0.29) is 23.2 Å². The Hall–Kier alpha value is -5.66. The van der Waals surface area contributed by atoms with Gasteiger partial charge in [-0.15, -0.1) is 23.1 Å². The van der Waals surface area contributed by atoms with E-state index < -0.39 is 11.8 Å². The topological polar surface area (TPSA) is 128 Å². The molecule has 4 aromatic carbocycles. The maximum Gasteiger partial charge on any atom is 0.272 e. The third-order valence-electron chi connectivity index (χ3n) is 6.94. The first-order chi connectivity index (χ1) is 23.8. The highest BCUT2D eigenvalue weighted by atomic mass is 32.2. The van der Waals surface area contributed by atoms with E-state index in [1.165, 1.54) is 62.6 Å². The van der Waals surface area contributed by atoms with Gasteiger partial charge in [-0.3, -0.25) is 14.4 Å². The van der Waals surface area contributed by atoms with E-state index >= 15 is 0 Å². The zero-order valence-corrected chi connectivity index (χ0v) is 28.2. The number of nitrogens with one attached hydrogen (secondary N) is 3. The summed E-state index contributed by atoms with van der Waals surface area (Å²) >= 11 is 2.59. The Labute approximate surface area is 290 Å². The zero-order chi connectivity index (χ0) is 34.8. The first kappa shape index (κ1) is 34.7. The fraction of sp³-hybridized carbons (Fsp3) is 0.111. The number of nitrogens with zero attached hydrogens (tertiary/aromatic N) is 1. The van der Waals surface area contributed by atoms with E-state index in [9.17, 15) is 18.8 Å². The molecule has 0 bridgehead atoms. The number of hydrogen-bond acceptors (Lipinski definition) is 9. The summed E-state index contributed by atoms with van der Waals surface area (Å²) in [6.07, 6.45) is 1.49. The molecule has 3 N–H and O–H groups in total. The third kappa shape index (κ3) is 9.24. The van der Waals surface area contributed by atoms with Gasteiger partial charge in [0.2, 0.25) is 5.91 Å². The van der Waals surface area contributed by atoms with Crippen LogP contribution in [0, 0.1) is 5.82 Å². The van der Waals surface area contributed by atoms with Gasteiger partial charge in [0.15, 0.2) is 16.6 Å². The Morgan fingerprint density at radius 2 is 1.51 bits per heavy atom. The average molecular weight is 699 g/mol. The number of anilines is 2. The molecule has 0 spiro atoms. The SMILES string of the molecule is COc1cc(OC)c(OC)cc1/C=C(\NC(=O)c1ccccc1)C(=O)Nc1ccc(SCC(=O)Nc2nc(-c3ccc(F)cc3)cs2)cc1. The molecule has 49 heavy (non-hydrogen) atoms. The van der Waals surface area contributed by atoms with Crippen molar-refractivity contribution in [3.63, 3.8) is 0 Å². The van der Waals surface area contributed by atoms with Gasteiger partial charge in [-0.25, -0.2) is 9.37 Å². The summed E-state index contributed by atoms with van der Waals surface area (Å²) in [4.78, 5) is 44.5. The predicted molar refractivity (Wildman–Crippen MR) is 190 cm³/mol. The molecule has 0 radical (unpaired) electrons. The van der Waals surface area contributed by atoms with Crippen molar-refractivity contribution in [2.24, 2.45) is 0 Å². The molecular formula is C36H31FN4O6S2. The van der Waals surface area contributed by atoms with Gasteiger partial charge in [-0.2, -0.15) is 0 Å². The van der Waals surface area contributed by atoms with Crippen LogP contribution in [-0.2, 0) is 9.59 Å². The molecule has 5 aromatic rings. The maximum atomic E-state index is 13.6. The van der Waals surface area contributed by atoms with Crippen molar-refractivity contribution in [3.8, 4) is 28.5 Å². The molecule has 0 aliphatic rings. The highest BCUT2D eigenvalue weighted by molar-refractivity contribution is 8.00. The van der Waals surface area contributed by atoms with E-state index in [1.54, 1.807) is 84.2 Å². The van der Waals surface area contributed by atoms with Gasteiger partial charge in [-0.1, -0.05) is 18.2 Å². The molecular weight excluding hydrogens is 668 g/mol. The number of rotatable bonds is 13. The minimum absolute atomic E-state index is 0.0423. The first-order valence-corrected chi connectivity index (χ1v) is 16.6. The number of carbonyl (C=O) groups is 3. The minimum Gasteiger partial charge on any atom is -0.496 e. The molecule has 250 valence electrons. The number of amides is 3. The molecule has 0 saturated heterocycles. The van der Waals surface area contributed by atoms with Crippen LogP contribution < -0.4 is 30.2 Å². The van der Waals surface area contributed by atoms with Crippen LogP contribution in [0.5, 0.6) is 17.2 Å². The van der Waals surface area contributed by atoms with E-state index in [2.05, 4.69) is 20.9 Å². The van der Waals surface area contributed by atoms with Crippen LogP contribution in [-0.4, -0.2) is 49.8 Å². The van der Waals surface area contributed by atoms with Crippen molar-refractivity contribution in [3.05, 3.63) is 119 Å². The van der Waals surface area contributed by atoms with Crippen molar-refractivity contribution in [2.75, 3.05) is 37.7 Å². The Morgan fingerprint density at radius 1 is 0.837 bits per heavy atom. The molecule has 0 unspecified atom stereocenters. The summed E-state index contributed by atoms with van der Waals surface area (Å²) < 4.78 is 29.5. The summed E-state index contributed by atoms with van der Waals surface area (Å²) in [6.45, 7) is 0. The maximum absolute atomic E-state index is 13.6. The molecule has 0 atom stereocenters. The number of methoxy groups -OCH3 is 3. The monoisotopic (exact) mass is 698 g/mol. The van der Waals surface area contributed by atoms with Gasteiger partial charge in [0, 0.05) is 38.7 Å². The van der Waals surface area contributed by atoms with Crippen LogP contribution in [0.1, 0.15) is 15.9 Å². The Kier molecular flexibility index (Phi) is 11.6. The fourth-order valence-corrected chi connectivity index (χ4v) is 5.92. The number of carbonyl (C=O) groups excluding carboxylic acids is 3. The predicted octanol–water partition coefficient (Wildman–Crippen LogP) is 7.12. The van der Waals surface area contributed by atoms with Gasteiger partial charge in [0.05, 0.1) is 32.8 Å². The lowest BCUT2D eigenvalue weighted by molar-refractivity contribution is -0.114. The number of ether oxygens (including phenoxy) is 3. The molecule has 10 nitrogen and oxygen atoms in total. The van der Waals surface area contributed by atoms with Crippen molar-refractivity contribution >= 4 is 57.7 Å². The Bertz CT molecular complexity index is 1970. The second-order valence-electron chi connectivity index (χ2n) is 10.2. The highest BCUT2D eigenvalue weighted by Crippen LogP contribution is 2.36. The van der Waals surface area contributed by atoms with Gasteiger partial charge < -0.3 is 30.2 Å². The molecule has 0 aliphatic heterocycles. The molecule has 0 fully saturated rings. The van der Waals surface area contributed by atoms with Crippen LogP contribution in [0.4, 0.5) is 15.2 Å². The highest BCUT2D eigenvalue weighted by Gasteiger charge is 2.18. The number of thioether (sulfide) groups is 1. The molecule has 13 heteroatoms. The van der Waals surface area contributed by atoms with Crippen molar-refractivity contribution < 1.29 is 33.0 Å². The van der Waals surface area contributed by atoms with Gasteiger partial charge >= 0.3 is 0 Å². The molecule has 1 heterocycles. The van der Waals surface area contributed by atoms with Crippen molar-refractivity contribution in [2.45, 2.75) is 4.90 Å². The van der Waals surface area contributed by atoms with Crippen LogP contribution in [0.3, 0.4) is 0 Å². The van der Waals surface area contributed by atoms with Crippen molar-refractivity contribution in [1.29, 1.82) is 0 Å². The summed E-state index contributed by atoms with van der Waals surface area (Å²) in [6, 6.07) is 24.7. The molecule has 5 rings (SSSR count). The normalized spacial score (nSPS) is 11.0. The van der Waals surface area contributed by atoms with E-state index in [0.29, 0.717) is 44.9 Å². The lowest BCUT2D eigenvalue weighted by atomic mass is 10.1. The largest absolute Gasteiger partial charge is 0.496 e. The number of benzene rings is 4. The van der Waals surface area contributed by atoms with Gasteiger partial charge in [-0.05, 0) is 72.8 Å². The van der Waals surface area contributed by atoms with E-state index in [0.717, 1.165) is 10.5 Å². The minimum atomic E-state index is -0.579. The summed E-state index contributed by atoms with van der Waals surface area (Å²) in [5.41, 5.74) is 2.66. The summed E-state index contributed by atoms with van der Waals surface area (Å²) in [5, 5.41) is 10.5. The standard InChI is InChI=1S/C36H31FN4O6S2/c1-45-30-19-32(47-3)31(46-2)18-24(30)17-28(39-34(43)23-7-5-4-6-8-23)35(44)38-26-13-15-27(16-14-26)48-21-33(42)41-36-40-29(20-49-36)22-9-11-25(37)12-10-22/h4-20H,21H2,1-3H3,(H,38,44)(H,39,43)(H,40,41,42)/b28-17-. The lowest BCUT2D eigenvalue weighted by Crippen LogP contribution is -2.30. The summed E-state index contributed by atoms with van der Waals surface area (Å²) in [5.74, 6) is -0.260. The van der Waals surface area contributed by atoms with E-state index in [4.69, 9.17) is 14.2 Å². The number of aromatic nitrogens is 1. The van der Waals surface area contributed by atoms with Crippen LogP contribution in [0.25, 0.3) is 17.3 Å². The third-order valence-corrected chi connectivity index (χ3v) is 8.71. The Balaban J connectivity index is 1.25. The fourth-order valence-electron chi connectivity index (χ4n) is 4.49. The van der Waals surface area contributed by atoms with Crippen LogP contribution in [0.15, 0.2) is 107 Å². The molecule has 0 saturated carbocycles. The smallest absolute Gasteiger partial charge is 0.272 e.